The van der Waals surface area contributed by atoms with Crippen LogP contribution in [0.5, 0.6) is 0 Å². The van der Waals surface area contributed by atoms with Crippen molar-refractivity contribution in [2.24, 2.45) is 0 Å². The molecule has 8 nitrogen and oxygen atoms in total. The highest BCUT2D eigenvalue weighted by Crippen LogP contribution is 2.39. The number of nitrogens with zero attached hydrogens (tertiary/aromatic N) is 3. The van der Waals surface area contributed by atoms with E-state index in [2.05, 4.69) is 10.2 Å². The molecule has 0 bridgehead atoms. The quantitative estimate of drug-likeness (QED) is 0.179. The van der Waals surface area contributed by atoms with Crippen LogP contribution in [0, 0.1) is 6.92 Å². The molecule has 284 valence electrons. The Labute approximate surface area is 304 Å². The summed E-state index contributed by atoms with van der Waals surface area (Å²) in [6.45, 7) is 6.80. The molecule has 6 rings (SSSR count). The lowest BCUT2D eigenvalue weighted by Gasteiger charge is -2.40. The summed E-state index contributed by atoms with van der Waals surface area (Å²) in [6, 6.07) is 11.7. The predicted molar refractivity (Wildman–Crippen MR) is 188 cm³/mol. The summed E-state index contributed by atoms with van der Waals surface area (Å²) in [6.07, 6.45) is -8.17. The zero-order valence-corrected chi connectivity index (χ0v) is 30.0. The maximum Gasteiger partial charge on any atom is 0.416 e. The van der Waals surface area contributed by atoms with Crippen molar-refractivity contribution in [3.8, 4) is 11.3 Å². The van der Waals surface area contributed by atoms with Crippen molar-refractivity contribution in [1.29, 1.82) is 0 Å². The number of halogens is 6. The number of hydrogen-bond acceptors (Lipinski definition) is 7. The summed E-state index contributed by atoms with van der Waals surface area (Å²) in [7, 11) is -3.88. The highest BCUT2D eigenvalue weighted by atomic mass is 32.2. The van der Waals surface area contributed by atoms with Crippen molar-refractivity contribution in [3.05, 3.63) is 94.5 Å². The van der Waals surface area contributed by atoms with Gasteiger partial charge in [-0.1, -0.05) is 49.4 Å². The van der Waals surface area contributed by atoms with E-state index in [1.54, 1.807) is 0 Å². The largest absolute Gasteiger partial charge is 0.416 e. The molecule has 4 aromatic rings. The second-order valence-electron chi connectivity index (χ2n) is 13.4. The number of fused-ring (bicyclic) bond motifs is 1. The molecule has 0 saturated carbocycles. The van der Waals surface area contributed by atoms with Gasteiger partial charge in [0.25, 0.3) is 5.91 Å². The number of carbonyl (C=O) groups is 1. The van der Waals surface area contributed by atoms with Gasteiger partial charge in [-0.2, -0.15) is 26.3 Å². The molecule has 0 unspecified atom stereocenters. The summed E-state index contributed by atoms with van der Waals surface area (Å²) in [5.74, 6) is -1.45. The van der Waals surface area contributed by atoms with Crippen molar-refractivity contribution in [2.75, 3.05) is 45.1 Å². The van der Waals surface area contributed by atoms with E-state index in [-0.39, 0.29) is 67.6 Å². The molecule has 2 saturated heterocycles. The molecule has 0 spiro atoms. The van der Waals surface area contributed by atoms with Gasteiger partial charge in [-0.15, -0.1) is 0 Å². The fourth-order valence-corrected chi connectivity index (χ4v) is 8.39. The first-order valence-corrected chi connectivity index (χ1v) is 19.1. The number of ether oxygens (including phenoxy) is 1. The van der Waals surface area contributed by atoms with Crippen LogP contribution >= 0.6 is 0 Å². The van der Waals surface area contributed by atoms with Crippen LogP contribution in [-0.4, -0.2) is 86.5 Å². The van der Waals surface area contributed by atoms with E-state index in [1.165, 1.54) is 68.4 Å². The van der Waals surface area contributed by atoms with Crippen LogP contribution in [0.15, 0.2) is 71.6 Å². The van der Waals surface area contributed by atoms with E-state index < -0.39 is 39.7 Å². The molecule has 2 aliphatic rings. The maximum atomic E-state index is 14.6. The maximum absolute atomic E-state index is 14.6. The molecule has 15 heteroatoms. The molecule has 53 heavy (non-hydrogen) atoms. The average Bonchev–Trinajstić information content (AvgIpc) is 3.13. The van der Waals surface area contributed by atoms with Gasteiger partial charge in [0.15, 0.2) is 15.9 Å². The molecule has 1 atom stereocenters. The lowest BCUT2D eigenvalue weighted by molar-refractivity contribution is -0.155. The van der Waals surface area contributed by atoms with Crippen molar-refractivity contribution >= 4 is 26.6 Å². The number of hydrogen-bond donors (Lipinski definition) is 1. The summed E-state index contributed by atoms with van der Waals surface area (Å²) >= 11 is 0. The minimum atomic E-state index is -4.93. The third kappa shape index (κ3) is 8.53. The molecule has 2 fully saturated rings. The van der Waals surface area contributed by atoms with E-state index >= 15 is 0 Å². The van der Waals surface area contributed by atoms with E-state index in [1.807, 2.05) is 4.90 Å². The first-order valence-electron chi connectivity index (χ1n) is 17.4. The van der Waals surface area contributed by atoms with Crippen LogP contribution < -0.4 is 5.32 Å². The summed E-state index contributed by atoms with van der Waals surface area (Å²) in [5.41, 5.74) is -1.09. The van der Waals surface area contributed by atoms with Gasteiger partial charge >= 0.3 is 12.4 Å². The lowest BCUT2D eigenvalue weighted by Crippen LogP contribution is -2.48. The number of aryl methyl sites for hydroxylation is 1. The number of likely N-dealkylation sites (tertiary alicyclic amines) is 1. The molecule has 0 radical (unpaired) electrons. The Hall–Kier alpha value is -4.05. The Balaban J connectivity index is 1.56. The van der Waals surface area contributed by atoms with Crippen molar-refractivity contribution in [3.63, 3.8) is 0 Å². The number of morpholine rings is 1. The normalized spacial score (nSPS) is 17.6. The number of amides is 1. The lowest BCUT2D eigenvalue weighted by atomic mass is 9.93. The average molecular weight is 763 g/mol. The van der Waals surface area contributed by atoms with Crippen molar-refractivity contribution < 1.29 is 44.3 Å². The Kier molecular flexibility index (Phi) is 11.2. The second-order valence-corrected chi connectivity index (χ2v) is 15.7. The number of sulfone groups is 1. The van der Waals surface area contributed by atoms with Crippen LogP contribution in [0.1, 0.15) is 58.4 Å². The van der Waals surface area contributed by atoms with Crippen molar-refractivity contribution in [1.82, 2.24) is 20.1 Å². The Morgan fingerprint density at radius 1 is 0.943 bits per heavy atom. The Morgan fingerprint density at radius 2 is 1.62 bits per heavy atom. The van der Waals surface area contributed by atoms with Gasteiger partial charge in [0, 0.05) is 42.2 Å². The van der Waals surface area contributed by atoms with Crippen LogP contribution in [0.4, 0.5) is 26.3 Å². The number of rotatable bonds is 9. The van der Waals surface area contributed by atoms with E-state index in [0.29, 0.717) is 26.3 Å². The Bertz CT molecular complexity index is 2060. The van der Waals surface area contributed by atoms with Crippen LogP contribution in [0.3, 0.4) is 0 Å². The highest BCUT2D eigenvalue weighted by molar-refractivity contribution is 7.91. The molecule has 1 aromatic heterocycles. The van der Waals surface area contributed by atoms with Gasteiger partial charge in [0.1, 0.15) is 0 Å². The molecule has 1 amide bonds. The monoisotopic (exact) mass is 762 g/mol. The summed E-state index contributed by atoms with van der Waals surface area (Å²) in [4.78, 5) is 23.5. The van der Waals surface area contributed by atoms with Gasteiger partial charge in [-0.3, -0.25) is 14.6 Å². The third-order valence-corrected chi connectivity index (χ3v) is 11.9. The van der Waals surface area contributed by atoms with Crippen LogP contribution in [0.25, 0.3) is 22.2 Å². The minimum Gasteiger partial charge on any atom is -0.379 e. The molecule has 1 N–H and O–H groups in total. The molecule has 0 aliphatic carbocycles. The van der Waals surface area contributed by atoms with Gasteiger partial charge < -0.3 is 10.1 Å². The first-order chi connectivity index (χ1) is 25.1. The number of piperidine rings is 1. The SMILES string of the molecule is CCS(=O)(=O)c1cc2c(C(=O)N[C@H](c3ccccc3)C(F)(F)F)c(CN3CCC(N4CCOCC4)CC3)c(-c3cccc(C(F)(F)F)c3)nc2cc1C. The number of benzene rings is 3. The van der Waals surface area contributed by atoms with Gasteiger partial charge in [-0.25, -0.2) is 13.4 Å². The standard InChI is InChI=1S/C38H40F6N4O4S/c1-3-53(50,51)32-22-29-31(20-24(32)2)45-34(26-10-7-11-27(21-26)37(39,40)41)30(23-47-14-12-28(13-15-47)48-16-18-52-19-17-48)33(29)36(49)46-35(38(42,43)44)25-8-5-4-6-9-25/h4-11,20-22,28,35H,3,12-19,23H2,1-2H3,(H,46,49)/t35-/m1/s1. The molecule has 3 aromatic carbocycles. The van der Waals surface area contributed by atoms with E-state index in [0.717, 1.165) is 38.1 Å². The number of carbonyl (C=O) groups excluding carboxylic acids is 1. The molecular formula is C38H40F6N4O4S. The number of alkyl halides is 6. The van der Waals surface area contributed by atoms with Gasteiger partial charge in [0.2, 0.25) is 0 Å². The second kappa shape index (κ2) is 15.4. The molecular weight excluding hydrogens is 722 g/mol. The Morgan fingerprint density at radius 3 is 2.25 bits per heavy atom. The van der Waals surface area contributed by atoms with Crippen LogP contribution in [0.2, 0.25) is 0 Å². The minimum absolute atomic E-state index is 0.00678. The predicted octanol–water partition coefficient (Wildman–Crippen LogP) is 7.35. The third-order valence-electron chi connectivity index (χ3n) is 10.0. The highest BCUT2D eigenvalue weighted by Gasteiger charge is 2.43. The zero-order chi connectivity index (χ0) is 38.1. The number of pyridine rings is 1. The van der Waals surface area contributed by atoms with Gasteiger partial charge in [-0.05, 0) is 68.2 Å². The smallest absolute Gasteiger partial charge is 0.379 e. The van der Waals surface area contributed by atoms with E-state index in [4.69, 9.17) is 9.72 Å². The first kappa shape index (κ1) is 38.7. The van der Waals surface area contributed by atoms with Crippen molar-refractivity contribution in [2.45, 2.75) is 62.6 Å². The number of aromatic nitrogens is 1. The summed E-state index contributed by atoms with van der Waals surface area (Å²) in [5, 5.41) is 2.13. The van der Waals surface area contributed by atoms with E-state index in [9.17, 15) is 39.6 Å². The topological polar surface area (TPSA) is 91.8 Å². The fraction of sp³-hybridized carbons (Fsp3) is 0.421. The fourth-order valence-electron chi connectivity index (χ4n) is 7.23. The molecule has 3 heterocycles. The zero-order valence-electron chi connectivity index (χ0n) is 29.2. The summed E-state index contributed by atoms with van der Waals surface area (Å²) < 4.78 is 118. The van der Waals surface area contributed by atoms with Crippen LogP contribution in [-0.2, 0) is 27.3 Å². The number of nitrogens with one attached hydrogen (secondary N) is 1. The van der Waals surface area contributed by atoms with Gasteiger partial charge in [0.05, 0.1) is 46.2 Å². The molecule has 2 aliphatic heterocycles.